The summed E-state index contributed by atoms with van der Waals surface area (Å²) in [5, 5.41) is 5.35. The van der Waals surface area contributed by atoms with E-state index in [1.165, 1.54) is 0 Å². The Balaban J connectivity index is 1.75. The first kappa shape index (κ1) is 22.4. The first-order chi connectivity index (χ1) is 15.2. The van der Waals surface area contributed by atoms with Crippen LogP contribution in [0.4, 0.5) is 4.39 Å². The summed E-state index contributed by atoms with van der Waals surface area (Å²) in [5.74, 6) is -0.542. The molecule has 0 aliphatic heterocycles. The van der Waals surface area contributed by atoms with Gasteiger partial charge in [-0.3, -0.25) is 0 Å². The Labute approximate surface area is 194 Å². The lowest BCUT2D eigenvalue weighted by Crippen LogP contribution is -2.34. The lowest BCUT2D eigenvalue weighted by atomic mass is 10.1. The summed E-state index contributed by atoms with van der Waals surface area (Å²) >= 11 is 12.4. The van der Waals surface area contributed by atoms with E-state index >= 15 is 0 Å². The Kier molecular flexibility index (Phi) is 6.32. The van der Waals surface area contributed by atoms with Crippen LogP contribution in [0.2, 0.25) is 10.0 Å². The van der Waals surface area contributed by atoms with Crippen LogP contribution in [0.5, 0.6) is 0 Å². The molecule has 164 valence electrons. The third-order valence-corrected chi connectivity index (χ3v) is 6.66. The van der Waals surface area contributed by atoms with Crippen molar-refractivity contribution in [3.63, 3.8) is 0 Å². The molecule has 1 unspecified atom stereocenters. The first-order valence-electron chi connectivity index (χ1n) is 9.39. The Hall–Kier alpha value is -2.75. The van der Waals surface area contributed by atoms with Crippen molar-refractivity contribution in [2.24, 2.45) is 5.73 Å². The summed E-state index contributed by atoms with van der Waals surface area (Å²) in [6.07, 6.45) is -1.17. The molecule has 0 amide bonds. The quantitative estimate of drug-likeness (QED) is 0.375. The van der Waals surface area contributed by atoms with Crippen LogP contribution in [0.3, 0.4) is 0 Å². The van der Waals surface area contributed by atoms with Gasteiger partial charge in [-0.1, -0.05) is 53.5 Å². The minimum Gasteiger partial charge on any atom is -0.310 e. The minimum absolute atomic E-state index is 0.113. The van der Waals surface area contributed by atoms with Crippen molar-refractivity contribution in [1.82, 2.24) is 14.5 Å². The summed E-state index contributed by atoms with van der Waals surface area (Å²) in [7, 11) is -4.01. The zero-order chi connectivity index (χ0) is 22.9. The highest BCUT2D eigenvalue weighted by atomic mass is 35.5. The van der Waals surface area contributed by atoms with Crippen LogP contribution in [-0.2, 0) is 10.0 Å². The predicted octanol–water partition coefficient (Wildman–Crippen LogP) is 4.92. The van der Waals surface area contributed by atoms with Gasteiger partial charge in [0.05, 0.1) is 27.0 Å². The largest absolute Gasteiger partial charge is 0.310 e. The number of nitrogens with two attached hydrogens (primary N) is 1. The topological polar surface area (TPSA) is 90.0 Å². The Morgan fingerprint density at radius 2 is 1.66 bits per heavy atom. The van der Waals surface area contributed by atoms with Crippen LogP contribution < -0.4 is 10.5 Å². The molecule has 1 aromatic heterocycles. The number of hydrogen-bond acceptors (Lipinski definition) is 4. The molecule has 0 spiro atoms. The predicted molar refractivity (Wildman–Crippen MR) is 123 cm³/mol. The van der Waals surface area contributed by atoms with E-state index in [9.17, 15) is 12.8 Å². The second kappa shape index (κ2) is 9.01. The third-order valence-electron chi connectivity index (χ3n) is 4.66. The van der Waals surface area contributed by atoms with Crippen LogP contribution in [0.15, 0.2) is 83.8 Å². The highest BCUT2D eigenvalue weighted by Gasteiger charge is 2.23. The highest BCUT2D eigenvalue weighted by molar-refractivity contribution is 7.89. The molecule has 6 nitrogen and oxygen atoms in total. The van der Waals surface area contributed by atoms with Gasteiger partial charge in [0, 0.05) is 10.6 Å². The van der Waals surface area contributed by atoms with Crippen molar-refractivity contribution >= 4 is 33.2 Å². The van der Waals surface area contributed by atoms with E-state index in [4.69, 9.17) is 28.9 Å². The van der Waals surface area contributed by atoms with Gasteiger partial charge in [-0.2, -0.15) is 9.82 Å². The number of nitrogens with one attached hydrogen (secondary N) is 1. The lowest BCUT2D eigenvalue weighted by Gasteiger charge is -2.12. The standard InChI is InChI=1S/C22H17Cl2FN4O2S/c23-15-6-11-20(18(24)12-15)29-21(14-4-2-1-3-5-14)13-19(27-29)22(26)28-32(30,31)17-9-7-16(25)8-10-17/h1-13,22,28H,26H2. The molecule has 3 aromatic carbocycles. The monoisotopic (exact) mass is 490 g/mol. The van der Waals surface area contributed by atoms with Gasteiger partial charge in [0.1, 0.15) is 12.0 Å². The van der Waals surface area contributed by atoms with E-state index in [1.54, 1.807) is 28.9 Å². The van der Waals surface area contributed by atoms with Crippen molar-refractivity contribution in [2.45, 2.75) is 11.1 Å². The normalized spacial score (nSPS) is 12.6. The maximum Gasteiger partial charge on any atom is 0.242 e. The SMILES string of the molecule is NC(NS(=O)(=O)c1ccc(F)cc1)c1cc(-c2ccccc2)n(-c2ccc(Cl)cc2Cl)n1. The fourth-order valence-corrected chi connectivity index (χ4v) is 4.69. The van der Waals surface area contributed by atoms with Crippen LogP contribution in [0.25, 0.3) is 16.9 Å². The molecule has 32 heavy (non-hydrogen) atoms. The molecule has 4 aromatic rings. The molecule has 10 heteroatoms. The van der Waals surface area contributed by atoms with Crippen LogP contribution >= 0.6 is 23.2 Å². The van der Waals surface area contributed by atoms with Gasteiger partial charge in [0.2, 0.25) is 10.0 Å². The average Bonchev–Trinajstić information content (AvgIpc) is 3.20. The molecule has 3 N–H and O–H groups in total. The van der Waals surface area contributed by atoms with E-state index < -0.39 is 22.0 Å². The highest BCUT2D eigenvalue weighted by Crippen LogP contribution is 2.30. The molecular weight excluding hydrogens is 474 g/mol. The van der Waals surface area contributed by atoms with Crippen molar-refractivity contribution in [2.75, 3.05) is 0 Å². The number of rotatable bonds is 6. The lowest BCUT2D eigenvalue weighted by molar-refractivity contribution is 0.555. The molecule has 4 rings (SSSR count). The molecule has 0 saturated carbocycles. The summed E-state index contributed by atoms with van der Waals surface area (Å²) in [6.45, 7) is 0. The maximum atomic E-state index is 13.2. The molecule has 0 fully saturated rings. The number of benzene rings is 3. The molecule has 0 saturated heterocycles. The second-order valence-electron chi connectivity index (χ2n) is 6.88. The van der Waals surface area contributed by atoms with E-state index in [0.29, 0.717) is 21.4 Å². The van der Waals surface area contributed by atoms with Gasteiger partial charge in [0.25, 0.3) is 0 Å². The van der Waals surface area contributed by atoms with Crippen LogP contribution in [-0.4, -0.2) is 18.2 Å². The van der Waals surface area contributed by atoms with Crippen molar-refractivity contribution in [3.8, 4) is 16.9 Å². The first-order valence-corrected chi connectivity index (χ1v) is 11.6. The van der Waals surface area contributed by atoms with E-state index in [0.717, 1.165) is 29.8 Å². The van der Waals surface area contributed by atoms with Gasteiger partial charge in [0.15, 0.2) is 0 Å². The second-order valence-corrected chi connectivity index (χ2v) is 9.44. The van der Waals surface area contributed by atoms with Gasteiger partial charge in [-0.15, -0.1) is 0 Å². The Morgan fingerprint density at radius 1 is 0.969 bits per heavy atom. The van der Waals surface area contributed by atoms with Gasteiger partial charge < -0.3 is 5.73 Å². The molecule has 1 heterocycles. The zero-order valence-corrected chi connectivity index (χ0v) is 18.7. The van der Waals surface area contributed by atoms with Crippen LogP contribution in [0.1, 0.15) is 11.9 Å². The van der Waals surface area contributed by atoms with Crippen molar-refractivity contribution in [1.29, 1.82) is 0 Å². The average molecular weight is 491 g/mol. The fourth-order valence-electron chi connectivity index (χ4n) is 3.11. The molecule has 0 aliphatic rings. The summed E-state index contributed by atoms with van der Waals surface area (Å²) in [4.78, 5) is -0.113. The maximum absolute atomic E-state index is 13.2. The summed E-state index contributed by atoms with van der Waals surface area (Å²) in [6, 6.07) is 20.5. The summed E-state index contributed by atoms with van der Waals surface area (Å²) < 4.78 is 42.4. The summed E-state index contributed by atoms with van der Waals surface area (Å²) in [5.41, 5.74) is 8.45. The third kappa shape index (κ3) is 4.69. The molecular formula is C22H17Cl2FN4O2S. The Bertz CT molecular complexity index is 1360. The Morgan fingerprint density at radius 3 is 2.31 bits per heavy atom. The molecule has 0 aliphatic carbocycles. The van der Waals surface area contributed by atoms with Crippen molar-refractivity contribution in [3.05, 3.63) is 100 Å². The van der Waals surface area contributed by atoms with E-state index in [1.807, 2.05) is 30.3 Å². The van der Waals surface area contributed by atoms with Gasteiger partial charge in [-0.05, 0) is 48.5 Å². The number of sulfonamides is 1. The number of nitrogens with zero attached hydrogens (tertiary/aromatic N) is 2. The van der Waals surface area contributed by atoms with Gasteiger partial charge in [-0.25, -0.2) is 17.5 Å². The van der Waals surface area contributed by atoms with E-state index in [-0.39, 0.29) is 10.6 Å². The van der Waals surface area contributed by atoms with Crippen LogP contribution in [0, 0.1) is 5.82 Å². The fraction of sp³-hybridized carbons (Fsp3) is 0.0455. The van der Waals surface area contributed by atoms with Crippen molar-refractivity contribution < 1.29 is 12.8 Å². The number of hydrogen-bond donors (Lipinski definition) is 2. The van der Waals surface area contributed by atoms with Gasteiger partial charge >= 0.3 is 0 Å². The zero-order valence-electron chi connectivity index (χ0n) is 16.4. The molecule has 0 bridgehead atoms. The van der Waals surface area contributed by atoms with E-state index in [2.05, 4.69) is 9.82 Å². The molecule has 1 atom stereocenters. The molecule has 0 radical (unpaired) electrons. The number of aromatic nitrogens is 2. The number of halogens is 3. The minimum atomic E-state index is -4.01. The smallest absolute Gasteiger partial charge is 0.242 e.